The van der Waals surface area contributed by atoms with Crippen molar-refractivity contribution in [1.29, 1.82) is 5.26 Å². The summed E-state index contributed by atoms with van der Waals surface area (Å²) in [5.74, 6) is -1.61. The zero-order valence-electron chi connectivity index (χ0n) is 19.0. The molecular weight excluding hydrogens is 491 g/mol. The van der Waals surface area contributed by atoms with Crippen molar-refractivity contribution >= 4 is 20.9 Å². The number of alkyl halides is 3. The largest absolute Gasteiger partial charge is 0.407 e. The Morgan fingerprint density at radius 3 is 2.34 bits per heavy atom. The Labute approximate surface area is 198 Å². The van der Waals surface area contributed by atoms with Crippen LogP contribution >= 0.6 is 0 Å². The van der Waals surface area contributed by atoms with Crippen LogP contribution in [-0.4, -0.2) is 29.7 Å². The van der Waals surface area contributed by atoms with Gasteiger partial charge in [-0.05, 0) is 58.2 Å². The summed E-state index contributed by atoms with van der Waals surface area (Å²) in [6, 6.07) is 5.19. The zero-order valence-corrected chi connectivity index (χ0v) is 19.8. The molecule has 0 spiro atoms. The molecule has 186 valence electrons. The van der Waals surface area contributed by atoms with E-state index in [2.05, 4.69) is 4.98 Å². The fourth-order valence-corrected chi connectivity index (χ4v) is 5.34. The molecule has 6 nitrogen and oxygen atoms in total. The highest BCUT2D eigenvalue weighted by molar-refractivity contribution is 7.89. The van der Waals surface area contributed by atoms with Gasteiger partial charge in [-0.15, -0.1) is 0 Å². The Hall–Kier alpha value is -3.04. The van der Waals surface area contributed by atoms with Crippen LogP contribution in [-0.2, 0) is 10.0 Å². The number of benzene rings is 1. The van der Waals surface area contributed by atoms with Crippen LogP contribution in [0.25, 0.3) is 22.3 Å². The summed E-state index contributed by atoms with van der Waals surface area (Å²) < 4.78 is 97.4. The maximum absolute atomic E-state index is 15.2. The second kappa shape index (κ2) is 8.27. The Morgan fingerprint density at radius 1 is 1.20 bits per heavy atom. The van der Waals surface area contributed by atoms with Crippen molar-refractivity contribution in [2.24, 2.45) is 0 Å². The Kier molecular flexibility index (Phi) is 5.92. The SMILES string of the molecule is Cc1c(F)cc2c(C#N)c(-c3ccc(S(=O)(=O)NC(C)(C)C(F)(F)F)cn3)n(C3CCC3)c2c1F. The van der Waals surface area contributed by atoms with E-state index in [-0.39, 0.29) is 39.5 Å². The number of rotatable bonds is 5. The van der Waals surface area contributed by atoms with Crippen molar-refractivity contribution in [2.75, 3.05) is 0 Å². The third-order valence-electron chi connectivity index (χ3n) is 6.35. The molecule has 1 N–H and O–H groups in total. The molecule has 4 rings (SSSR count). The average Bonchev–Trinajstić information content (AvgIpc) is 3.03. The summed E-state index contributed by atoms with van der Waals surface area (Å²) in [6.07, 6.45) is -1.70. The molecule has 0 saturated heterocycles. The molecule has 2 heterocycles. The number of nitrogens with zero attached hydrogens (tertiary/aromatic N) is 3. The molecule has 35 heavy (non-hydrogen) atoms. The quantitative estimate of drug-likeness (QED) is 0.457. The normalized spacial score (nSPS) is 15.3. The second-order valence-electron chi connectivity index (χ2n) is 9.09. The minimum Gasteiger partial charge on any atom is -0.333 e. The first-order valence-electron chi connectivity index (χ1n) is 10.7. The van der Waals surface area contributed by atoms with Gasteiger partial charge in [-0.2, -0.15) is 23.2 Å². The van der Waals surface area contributed by atoms with E-state index in [1.54, 1.807) is 9.29 Å². The molecule has 0 radical (unpaired) electrons. The summed E-state index contributed by atoms with van der Waals surface area (Å²) >= 11 is 0. The fraction of sp³-hybridized carbons (Fsp3) is 0.391. The zero-order chi connectivity index (χ0) is 25.9. The van der Waals surface area contributed by atoms with Gasteiger partial charge in [0.1, 0.15) is 22.3 Å². The molecule has 1 aliphatic rings. The summed E-state index contributed by atoms with van der Waals surface area (Å²) in [5, 5.41) is 9.93. The van der Waals surface area contributed by atoms with E-state index in [0.29, 0.717) is 26.7 Å². The second-order valence-corrected chi connectivity index (χ2v) is 10.8. The number of halogens is 5. The molecule has 12 heteroatoms. The van der Waals surface area contributed by atoms with Gasteiger partial charge < -0.3 is 4.57 Å². The monoisotopic (exact) mass is 512 g/mol. The lowest BCUT2D eigenvalue weighted by molar-refractivity contribution is -0.180. The lowest BCUT2D eigenvalue weighted by Gasteiger charge is -2.30. The van der Waals surface area contributed by atoms with Gasteiger partial charge in [-0.3, -0.25) is 4.98 Å². The number of pyridine rings is 1. The summed E-state index contributed by atoms with van der Waals surface area (Å²) in [4.78, 5) is 3.58. The van der Waals surface area contributed by atoms with Crippen molar-refractivity contribution in [1.82, 2.24) is 14.3 Å². The van der Waals surface area contributed by atoms with Gasteiger partial charge in [-0.25, -0.2) is 17.2 Å². The van der Waals surface area contributed by atoms with Gasteiger partial charge in [0.25, 0.3) is 0 Å². The summed E-state index contributed by atoms with van der Waals surface area (Å²) in [7, 11) is -4.59. The molecule has 1 aromatic carbocycles. The first-order valence-corrected chi connectivity index (χ1v) is 12.2. The predicted molar refractivity (Wildman–Crippen MR) is 118 cm³/mol. The highest BCUT2D eigenvalue weighted by atomic mass is 32.2. The standard InChI is InChI=1S/C23H21F5N4O2S/c1-12-17(24)9-15-16(10-29)20(32(13-5-4-6-13)21(15)19(12)25)18-8-7-14(11-30-18)35(33,34)31-22(2,3)23(26,27)28/h7-9,11,13,31H,4-6H2,1-3H3. The minimum absolute atomic E-state index is 0.0239. The number of nitriles is 1. The number of nitrogens with one attached hydrogen (secondary N) is 1. The molecule has 3 aromatic rings. The summed E-state index contributed by atoms with van der Waals surface area (Å²) in [6.45, 7) is 2.68. The summed E-state index contributed by atoms with van der Waals surface area (Å²) in [5.41, 5.74) is -2.58. The maximum atomic E-state index is 15.2. The van der Waals surface area contributed by atoms with Gasteiger partial charge in [-0.1, -0.05) is 0 Å². The van der Waals surface area contributed by atoms with Gasteiger partial charge in [0.2, 0.25) is 10.0 Å². The van der Waals surface area contributed by atoms with E-state index in [4.69, 9.17) is 0 Å². The van der Waals surface area contributed by atoms with Crippen molar-refractivity contribution in [3.63, 3.8) is 0 Å². The molecule has 0 unspecified atom stereocenters. The topological polar surface area (TPSA) is 87.8 Å². The molecule has 1 saturated carbocycles. The van der Waals surface area contributed by atoms with Crippen LogP contribution in [0.3, 0.4) is 0 Å². The van der Waals surface area contributed by atoms with Gasteiger partial charge in [0.05, 0.1) is 22.5 Å². The molecule has 0 atom stereocenters. The van der Waals surface area contributed by atoms with Gasteiger partial charge in [0, 0.05) is 23.2 Å². The molecular formula is C23H21F5N4O2S. The highest BCUT2D eigenvalue weighted by Crippen LogP contribution is 2.43. The minimum atomic E-state index is -4.84. The van der Waals surface area contributed by atoms with Crippen LogP contribution in [0, 0.1) is 29.9 Å². The van der Waals surface area contributed by atoms with E-state index in [1.807, 2.05) is 6.07 Å². The fourth-order valence-electron chi connectivity index (χ4n) is 4.00. The Balaban J connectivity index is 1.87. The van der Waals surface area contributed by atoms with Crippen LogP contribution in [0.15, 0.2) is 29.3 Å². The first-order chi connectivity index (χ1) is 16.2. The predicted octanol–water partition coefficient (Wildman–Crippen LogP) is 5.51. The van der Waals surface area contributed by atoms with Crippen molar-refractivity contribution in [3.8, 4) is 17.5 Å². The Bertz CT molecular complexity index is 1470. The number of fused-ring (bicyclic) bond motifs is 1. The highest BCUT2D eigenvalue weighted by Gasteiger charge is 2.49. The van der Waals surface area contributed by atoms with E-state index in [9.17, 15) is 31.2 Å². The van der Waals surface area contributed by atoms with Crippen LogP contribution in [0.4, 0.5) is 22.0 Å². The number of sulfonamides is 1. The molecule has 0 bridgehead atoms. The van der Waals surface area contributed by atoms with Crippen molar-refractivity contribution < 1.29 is 30.4 Å². The van der Waals surface area contributed by atoms with Gasteiger partial charge >= 0.3 is 6.18 Å². The number of hydrogen-bond acceptors (Lipinski definition) is 4. The van der Waals surface area contributed by atoms with Crippen molar-refractivity contribution in [3.05, 3.63) is 47.2 Å². The van der Waals surface area contributed by atoms with Crippen LogP contribution in [0.1, 0.15) is 50.3 Å². The third kappa shape index (κ3) is 4.06. The maximum Gasteiger partial charge on any atom is 0.407 e. The molecule has 1 fully saturated rings. The Morgan fingerprint density at radius 2 is 1.86 bits per heavy atom. The van der Waals surface area contributed by atoms with Crippen LogP contribution < -0.4 is 4.72 Å². The third-order valence-corrected chi connectivity index (χ3v) is 7.99. The lowest BCUT2D eigenvalue weighted by atomic mass is 9.92. The van der Waals surface area contributed by atoms with E-state index in [1.165, 1.54) is 13.0 Å². The smallest absolute Gasteiger partial charge is 0.333 e. The average molecular weight is 513 g/mol. The van der Waals surface area contributed by atoms with E-state index >= 15 is 4.39 Å². The van der Waals surface area contributed by atoms with Crippen molar-refractivity contribution in [2.45, 2.75) is 62.7 Å². The molecule has 0 amide bonds. The van der Waals surface area contributed by atoms with Crippen LogP contribution in [0.5, 0.6) is 0 Å². The molecule has 1 aliphatic carbocycles. The number of aromatic nitrogens is 2. The van der Waals surface area contributed by atoms with Gasteiger partial charge in [0.15, 0.2) is 5.82 Å². The lowest BCUT2D eigenvalue weighted by Crippen LogP contribution is -2.54. The van der Waals surface area contributed by atoms with E-state index < -0.39 is 38.3 Å². The van der Waals surface area contributed by atoms with Crippen LogP contribution in [0.2, 0.25) is 0 Å². The molecule has 0 aliphatic heterocycles. The molecule has 2 aromatic heterocycles. The first kappa shape index (κ1) is 25.1. The number of hydrogen-bond donors (Lipinski definition) is 1. The van der Waals surface area contributed by atoms with E-state index in [0.717, 1.165) is 24.8 Å².